The van der Waals surface area contributed by atoms with Crippen molar-refractivity contribution >= 4 is 11.0 Å². The molecule has 0 atom stereocenters. The molecule has 0 bridgehead atoms. The molecule has 0 N–H and O–H groups in total. The predicted octanol–water partition coefficient (Wildman–Crippen LogP) is 2.55. The molecule has 0 saturated heterocycles. The quantitative estimate of drug-likeness (QED) is 0.688. The summed E-state index contributed by atoms with van der Waals surface area (Å²) >= 11 is 0. The fraction of sp³-hybridized carbons (Fsp3) is 0.231. The highest BCUT2D eigenvalue weighted by atomic mass is 16.5. The normalized spacial score (nSPS) is 11.0. The Labute approximate surface area is 104 Å². The van der Waals surface area contributed by atoms with Gasteiger partial charge in [0.2, 0.25) is 0 Å². The number of pyridine rings is 2. The topological polar surface area (TPSA) is 64.7 Å². The number of hydrogen-bond donors (Lipinski definition) is 0. The Morgan fingerprint density at radius 3 is 2.94 bits per heavy atom. The van der Waals surface area contributed by atoms with Gasteiger partial charge in [-0.05, 0) is 25.1 Å². The molecular weight excluding hydrogens is 228 g/mol. The second-order valence-electron chi connectivity index (χ2n) is 4.04. The Kier molecular flexibility index (Phi) is 2.51. The van der Waals surface area contributed by atoms with Crippen LogP contribution in [-0.4, -0.2) is 20.1 Å². The van der Waals surface area contributed by atoms with Gasteiger partial charge in [0, 0.05) is 18.0 Å². The fourth-order valence-electron chi connectivity index (χ4n) is 1.82. The molecule has 3 aromatic rings. The molecule has 0 saturated carbocycles. The maximum absolute atomic E-state index is 5.25. The number of hydrogen-bond acceptors (Lipinski definition) is 5. The van der Waals surface area contributed by atoms with E-state index in [1.165, 1.54) is 0 Å². The fourth-order valence-corrected chi connectivity index (χ4v) is 1.82. The third-order valence-electron chi connectivity index (χ3n) is 2.79. The second-order valence-corrected chi connectivity index (χ2v) is 4.04. The Hall–Kier alpha value is -2.30. The van der Waals surface area contributed by atoms with Crippen LogP contribution < -0.4 is 0 Å². The van der Waals surface area contributed by atoms with Crippen LogP contribution >= 0.6 is 0 Å². The van der Waals surface area contributed by atoms with Gasteiger partial charge in [-0.15, -0.1) is 0 Å². The van der Waals surface area contributed by atoms with Gasteiger partial charge in [0.1, 0.15) is 0 Å². The standard InChI is InChI=1S/C13H12N4O/c1-3-11-16-13(18-17-11)10-7-9-5-4-6-14-12(9)15-8(10)2/h4-7H,3H2,1-2H3. The van der Waals surface area contributed by atoms with E-state index in [1.807, 2.05) is 32.0 Å². The van der Waals surface area contributed by atoms with Crippen molar-refractivity contribution in [1.82, 2.24) is 20.1 Å². The number of fused-ring (bicyclic) bond motifs is 1. The molecule has 0 aliphatic rings. The number of aromatic nitrogens is 4. The van der Waals surface area contributed by atoms with Gasteiger partial charge in [-0.3, -0.25) is 0 Å². The lowest BCUT2D eigenvalue weighted by Gasteiger charge is -2.02. The van der Waals surface area contributed by atoms with E-state index < -0.39 is 0 Å². The van der Waals surface area contributed by atoms with Gasteiger partial charge in [0.25, 0.3) is 5.89 Å². The van der Waals surface area contributed by atoms with E-state index in [4.69, 9.17) is 4.52 Å². The summed E-state index contributed by atoms with van der Waals surface area (Å²) in [7, 11) is 0. The SMILES string of the molecule is CCc1noc(-c2cc3cccnc3nc2C)n1. The van der Waals surface area contributed by atoms with Crippen molar-refractivity contribution in [2.75, 3.05) is 0 Å². The Morgan fingerprint density at radius 2 is 2.17 bits per heavy atom. The van der Waals surface area contributed by atoms with Crippen molar-refractivity contribution in [2.45, 2.75) is 20.3 Å². The van der Waals surface area contributed by atoms with Gasteiger partial charge < -0.3 is 4.52 Å². The van der Waals surface area contributed by atoms with Crippen LogP contribution in [-0.2, 0) is 6.42 Å². The predicted molar refractivity (Wildman–Crippen MR) is 66.9 cm³/mol. The van der Waals surface area contributed by atoms with Crippen LogP contribution in [0.15, 0.2) is 28.9 Å². The largest absolute Gasteiger partial charge is 0.334 e. The minimum absolute atomic E-state index is 0.516. The maximum Gasteiger partial charge on any atom is 0.259 e. The van der Waals surface area contributed by atoms with E-state index in [0.29, 0.717) is 11.7 Å². The zero-order chi connectivity index (χ0) is 12.5. The molecule has 18 heavy (non-hydrogen) atoms. The summed E-state index contributed by atoms with van der Waals surface area (Å²) in [6.07, 6.45) is 2.49. The molecule has 0 amide bonds. The number of nitrogens with zero attached hydrogens (tertiary/aromatic N) is 4. The molecule has 3 heterocycles. The first-order valence-electron chi connectivity index (χ1n) is 5.83. The average Bonchev–Trinajstić information content (AvgIpc) is 2.86. The van der Waals surface area contributed by atoms with Crippen LogP contribution in [0, 0.1) is 6.92 Å². The van der Waals surface area contributed by atoms with E-state index in [9.17, 15) is 0 Å². The summed E-state index contributed by atoms with van der Waals surface area (Å²) in [5.41, 5.74) is 2.43. The first-order chi connectivity index (χ1) is 8.78. The number of aryl methyl sites for hydroxylation is 2. The smallest absolute Gasteiger partial charge is 0.259 e. The number of rotatable bonds is 2. The third kappa shape index (κ3) is 1.73. The van der Waals surface area contributed by atoms with Crippen molar-refractivity contribution < 1.29 is 4.52 Å². The molecule has 0 aliphatic carbocycles. The van der Waals surface area contributed by atoms with Crippen molar-refractivity contribution in [3.05, 3.63) is 35.9 Å². The van der Waals surface area contributed by atoms with E-state index in [2.05, 4.69) is 20.1 Å². The van der Waals surface area contributed by atoms with Gasteiger partial charge in [-0.1, -0.05) is 12.1 Å². The molecule has 0 aromatic carbocycles. The van der Waals surface area contributed by atoms with Gasteiger partial charge >= 0.3 is 0 Å². The Balaban J connectivity index is 2.19. The van der Waals surface area contributed by atoms with Gasteiger partial charge in [-0.2, -0.15) is 4.98 Å². The van der Waals surface area contributed by atoms with E-state index in [1.54, 1.807) is 6.20 Å². The van der Waals surface area contributed by atoms with Crippen LogP contribution in [0.1, 0.15) is 18.4 Å². The van der Waals surface area contributed by atoms with Gasteiger partial charge in [0.15, 0.2) is 11.5 Å². The summed E-state index contributed by atoms with van der Waals surface area (Å²) in [5.74, 6) is 1.22. The summed E-state index contributed by atoms with van der Waals surface area (Å²) in [4.78, 5) is 13.0. The van der Waals surface area contributed by atoms with Crippen LogP contribution in [0.25, 0.3) is 22.5 Å². The molecule has 5 nitrogen and oxygen atoms in total. The van der Waals surface area contributed by atoms with Crippen molar-refractivity contribution in [1.29, 1.82) is 0 Å². The van der Waals surface area contributed by atoms with Crippen LogP contribution in [0.5, 0.6) is 0 Å². The molecule has 0 aliphatic heterocycles. The highest BCUT2D eigenvalue weighted by Gasteiger charge is 2.12. The summed E-state index contributed by atoms with van der Waals surface area (Å²) in [6, 6.07) is 5.83. The summed E-state index contributed by atoms with van der Waals surface area (Å²) in [5, 5.41) is 4.87. The maximum atomic E-state index is 5.25. The van der Waals surface area contributed by atoms with Crippen molar-refractivity contribution in [3.63, 3.8) is 0 Å². The second kappa shape index (κ2) is 4.18. The van der Waals surface area contributed by atoms with E-state index in [-0.39, 0.29) is 0 Å². The van der Waals surface area contributed by atoms with Gasteiger partial charge in [-0.25, -0.2) is 9.97 Å². The minimum Gasteiger partial charge on any atom is -0.334 e. The first kappa shape index (κ1) is 10.8. The minimum atomic E-state index is 0.516. The molecule has 0 fully saturated rings. The lowest BCUT2D eigenvalue weighted by atomic mass is 10.1. The molecule has 0 radical (unpaired) electrons. The third-order valence-corrected chi connectivity index (χ3v) is 2.79. The Morgan fingerprint density at radius 1 is 1.28 bits per heavy atom. The van der Waals surface area contributed by atoms with Gasteiger partial charge in [0.05, 0.1) is 11.3 Å². The summed E-state index contributed by atoms with van der Waals surface area (Å²) in [6.45, 7) is 3.91. The zero-order valence-electron chi connectivity index (χ0n) is 10.2. The molecule has 3 rings (SSSR count). The van der Waals surface area contributed by atoms with Crippen molar-refractivity contribution in [2.24, 2.45) is 0 Å². The van der Waals surface area contributed by atoms with E-state index in [0.717, 1.165) is 28.7 Å². The molecule has 0 unspecified atom stereocenters. The molecule has 3 aromatic heterocycles. The monoisotopic (exact) mass is 240 g/mol. The lowest BCUT2D eigenvalue weighted by Crippen LogP contribution is -1.92. The van der Waals surface area contributed by atoms with Crippen LogP contribution in [0.4, 0.5) is 0 Å². The van der Waals surface area contributed by atoms with E-state index >= 15 is 0 Å². The average molecular weight is 240 g/mol. The lowest BCUT2D eigenvalue weighted by molar-refractivity contribution is 0.423. The molecule has 0 spiro atoms. The van der Waals surface area contributed by atoms with Crippen LogP contribution in [0.3, 0.4) is 0 Å². The summed E-state index contributed by atoms with van der Waals surface area (Å²) < 4.78 is 5.25. The Bertz CT molecular complexity index is 705. The highest BCUT2D eigenvalue weighted by Crippen LogP contribution is 2.24. The first-order valence-corrected chi connectivity index (χ1v) is 5.83. The zero-order valence-corrected chi connectivity index (χ0v) is 10.2. The van der Waals surface area contributed by atoms with Crippen LogP contribution in [0.2, 0.25) is 0 Å². The molecule has 5 heteroatoms. The highest BCUT2D eigenvalue weighted by molar-refractivity contribution is 5.80. The molecule has 90 valence electrons. The van der Waals surface area contributed by atoms with Crippen molar-refractivity contribution in [3.8, 4) is 11.5 Å². The molecular formula is C13H12N4O.